The van der Waals surface area contributed by atoms with Crippen LogP contribution in [0.4, 0.5) is 0 Å². The Morgan fingerprint density at radius 1 is 1.31 bits per heavy atom. The zero-order valence-corrected chi connectivity index (χ0v) is 14.1. The van der Waals surface area contributed by atoms with Gasteiger partial charge < -0.3 is 9.84 Å². The lowest BCUT2D eigenvalue weighted by Crippen LogP contribution is -2.12. The predicted octanol–water partition coefficient (Wildman–Crippen LogP) is 3.16. The maximum Gasteiger partial charge on any atom is 0.328 e. The summed E-state index contributed by atoms with van der Waals surface area (Å²) in [6, 6.07) is 11.4. The van der Waals surface area contributed by atoms with Crippen LogP contribution >= 0.6 is 0 Å². The van der Waals surface area contributed by atoms with Crippen LogP contribution in [0.15, 0.2) is 65.5 Å². The summed E-state index contributed by atoms with van der Waals surface area (Å²) in [5.41, 5.74) is 6.72. The van der Waals surface area contributed by atoms with E-state index in [-0.39, 0.29) is 0 Å². The van der Waals surface area contributed by atoms with Gasteiger partial charge in [-0.2, -0.15) is 5.10 Å². The first-order valence-electron chi connectivity index (χ1n) is 8.23. The van der Waals surface area contributed by atoms with Crippen LogP contribution in [0.1, 0.15) is 23.2 Å². The number of nitrogens with zero attached hydrogens (tertiary/aromatic N) is 2. The number of allylic oxidation sites excluding steroid dienone is 2. The summed E-state index contributed by atoms with van der Waals surface area (Å²) in [5.74, 6) is -0.285. The minimum atomic E-state index is -0.969. The van der Waals surface area contributed by atoms with Gasteiger partial charge in [-0.15, -0.1) is 0 Å². The zero-order valence-electron chi connectivity index (χ0n) is 14.1. The molecule has 1 aliphatic rings. The lowest BCUT2D eigenvalue weighted by molar-refractivity contribution is -0.131. The summed E-state index contributed by atoms with van der Waals surface area (Å²) in [6.45, 7) is 0.386. The molecule has 0 radical (unpaired) electrons. The summed E-state index contributed by atoms with van der Waals surface area (Å²) in [5, 5.41) is 12.7. The van der Waals surface area contributed by atoms with E-state index in [1.165, 1.54) is 0 Å². The van der Waals surface area contributed by atoms with E-state index in [1.54, 1.807) is 12.3 Å². The fraction of sp³-hybridized carbons (Fsp3) is 0.150. The Hall–Kier alpha value is -3.41. The first-order chi connectivity index (χ1) is 12.7. The number of carboxylic acids is 1. The van der Waals surface area contributed by atoms with Crippen molar-refractivity contribution in [2.45, 2.75) is 19.4 Å². The van der Waals surface area contributed by atoms with Gasteiger partial charge in [0.25, 0.3) is 0 Å². The highest BCUT2D eigenvalue weighted by Gasteiger charge is 2.04. The van der Waals surface area contributed by atoms with Crippen LogP contribution in [0.5, 0.6) is 5.75 Å². The van der Waals surface area contributed by atoms with Gasteiger partial charge in [0, 0.05) is 36.5 Å². The van der Waals surface area contributed by atoms with Crippen molar-refractivity contribution in [2.24, 2.45) is 5.10 Å². The molecule has 2 N–H and O–H groups in total. The van der Waals surface area contributed by atoms with Crippen molar-refractivity contribution in [1.82, 2.24) is 10.4 Å². The molecule has 6 nitrogen and oxygen atoms in total. The Morgan fingerprint density at radius 3 is 2.96 bits per heavy atom. The molecule has 1 aromatic heterocycles. The van der Waals surface area contributed by atoms with E-state index >= 15 is 0 Å². The molecule has 26 heavy (non-hydrogen) atoms. The van der Waals surface area contributed by atoms with E-state index in [1.807, 2.05) is 42.6 Å². The molecule has 0 atom stereocenters. The molecule has 0 fully saturated rings. The van der Waals surface area contributed by atoms with Crippen molar-refractivity contribution in [2.75, 3.05) is 0 Å². The Kier molecular flexibility index (Phi) is 5.77. The Balaban J connectivity index is 1.55. The third-order valence-electron chi connectivity index (χ3n) is 3.71. The Labute approximate surface area is 151 Å². The van der Waals surface area contributed by atoms with Gasteiger partial charge in [0.1, 0.15) is 12.4 Å². The number of ether oxygens (including phenoxy) is 1. The summed E-state index contributed by atoms with van der Waals surface area (Å²) in [4.78, 5) is 15.0. The molecule has 0 spiro atoms. The van der Waals surface area contributed by atoms with Crippen LogP contribution < -0.4 is 10.2 Å². The second-order valence-corrected chi connectivity index (χ2v) is 5.76. The lowest BCUT2D eigenvalue weighted by atomic mass is 10.1. The number of hydrogen-bond acceptors (Lipinski definition) is 5. The molecule has 1 aromatic carbocycles. The SMILES string of the molecule is O=C(O)/C=C/c1cccc(COc2ccc(CC3=CCC=NN3)nc2)c1. The number of pyridine rings is 1. The average molecular weight is 349 g/mol. The number of rotatable bonds is 7. The van der Waals surface area contributed by atoms with Crippen LogP contribution in [0.3, 0.4) is 0 Å². The number of carbonyl (C=O) groups is 1. The molecule has 0 unspecified atom stereocenters. The molecule has 2 aromatic rings. The number of aliphatic carboxylic acids is 1. The monoisotopic (exact) mass is 349 g/mol. The molecule has 2 heterocycles. The van der Waals surface area contributed by atoms with Crippen LogP contribution in [0.2, 0.25) is 0 Å². The standard InChI is InChI=1S/C20H19N3O3/c24-20(25)9-6-15-3-1-4-16(11-15)14-26-19-8-7-17(21-13-19)12-18-5-2-10-22-23-18/h1,3-11,13,23H,2,12,14H2,(H,24,25)/b9-6+. The van der Waals surface area contributed by atoms with Crippen molar-refractivity contribution in [3.8, 4) is 5.75 Å². The van der Waals surface area contributed by atoms with Gasteiger partial charge in [-0.1, -0.05) is 24.3 Å². The summed E-state index contributed by atoms with van der Waals surface area (Å²) >= 11 is 0. The first kappa shape index (κ1) is 17.4. The molecule has 0 bridgehead atoms. The van der Waals surface area contributed by atoms with Gasteiger partial charge >= 0.3 is 5.97 Å². The second kappa shape index (κ2) is 8.62. The molecular formula is C20H19N3O3. The quantitative estimate of drug-likeness (QED) is 0.750. The average Bonchev–Trinajstić information content (AvgIpc) is 2.67. The number of hydrazone groups is 1. The van der Waals surface area contributed by atoms with E-state index in [4.69, 9.17) is 9.84 Å². The summed E-state index contributed by atoms with van der Waals surface area (Å²) < 4.78 is 5.76. The predicted molar refractivity (Wildman–Crippen MR) is 99.7 cm³/mol. The molecule has 0 aliphatic carbocycles. The second-order valence-electron chi connectivity index (χ2n) is 5.76. The maximum atomic E-state index is 10.6. The van der Waals surface area contributed by atoms with E-state index in [9.17, 15) is 4.79 Å². The molecule has 132 valence electrons. The molecule has 0 amide bonds. The summed E-state index contributed by atoms with van der Waals surface area (Å²) in [6.07, 6.45) is 9.83. The van der Waals surface area contributed by atoms with E-state index in [0.717, 1.165) is 35.0 Å². The highest BCUT2D eigenvalue weighted by atomic mass is 16.5. The number of benzene rings is 1. The van der Waals surface area contributed by atoms with Crippen molar-refractivity contribution >= 4 is 18.3 Å². The van der Waals surface area contributed by atoms with Gasteiger partial charge in [0.15, 0.2) is 0 Å². The zero-order chi connectivity index (χ0) is 18.2. The van der Waals surface area contributed by atoms with E-state index in [0.29, 0.717) is 18.8 Å². The highest BCUT2D eigenvalue weighted by molar-refractivity contribution is 5.85. The fourth-order valence-corrected chi connectivity index (χ4v) is 2.45. The Bertz CT molecular complexity index is 855. The van der Waals surface area contributed by atoms with Crippen molar-refractivity contribution in [1.29, 1.82) is 0 Å². The molecular weight excluding hydrogens is 330 g/mol. The largest absolute Gasteiger partial charge is 0.487 e. The van der Waals surface area contributed by atoms with Crippen molar-refractivity contribution in [3.05, 3.63) is 77.3 Å². The van der Waals surface area contributed by atoms with Gasteiger partial charge in [0.05, 0.1) is 6.20 Å². The van der Waals surface area contributed by atoms with Crippen LogP contribution in [-0.2, 0) is 17.8 Å². The minimum Gasteiger partial charge on any atom is -0.487 e. The van der Waals surface area contributed by atoms with Crippen molar-refractivity contribution < 1.29 is 14.6 Å². The van der Waals surface area contributed by atoms with Crippen LogP contribution in [0.25, 0.3) is 6.08 Å². The third-order valence-corrected chi connectivity index (χ3v) is 3.71. The smallest absolute Gasteiger partial charge is 0.328 e. The van der Waals surface area contributed by atoms with E-state index < -0.39 is 5.97 Å². The third kappa shape index (κ3) is 5.31. The number of nitrogens with one attached hydrogen (secondary N) is 1. The molecule has 0 saturated carbocycles. The van der Waals surface area contributed by atoms with Gasteiger partial charge in [0.2, 0.25) is 0 Å². The first-order valence-corrected chi connectivity index (χ1v) is 8.23. The number of carboxylic acid groups (broad SMARTS) is 1. The molecule has 6 heteroatoms. The van der Waals surface area contributed by atoms with Gasteiger partial charge in [-0.3, -0.25) is 10.4 Å². The molecule has 1 aliphatic heterocycles. The Morgan fingerprint density at radius 2 is 2.23 bits per heavy atom. The van der Waals surface area contributed by atoms with Gasteiger partial charge in [-0.05, 0) is 35.4 Å². The molecule has 3 rings (SSSR count). The minimum absolute atomic E-state index is 0.386. The fourth-order valence-electron chi connectivity index (χ4n) is 2.45. The lowest BCUT2D eigenvalue weighted by Gasteiger charge is -2.10. The topological polar surface area (TPSA) is 83.8 Å². The number of aromatic nitrogens is 1. The van der Waals surface area contributed by atoms with E-state index in [2.05, 4.69) is 21.6 Å². The van der Waals surface area contributed by atoms with Gasteiger partial charge in [-0.25, -0.2) is 4.79 Å². The highest BCUT2D eigenvalue weighted by Crippen LogP contribution is 2.15. The molecule has 0 saturated heterocycles. The normalized spacial score (nSPS) is 13.3. The van der Waals surface area contributed by atoms with Crippen LogP contribution in [0, 0.1) is 0 Å². The van der Waals surface area contributed by atoms with Crippen LogP contribution in [-0.4, -0.2) is 22.3 Å². The number of hydrogen-bond donors (Lipinski definition) is 2. The summed E-state index contributed by atoms with van der Waals surface area (Å²) in [7, 11) is 0. The van der Waals surface area contributed by atoms with Crippen molar-refractivity contribution in [3.63, 3.8) is 0 Å². The maximum absolute atomic E-state index is 10.6.